The number of anilines is 2. The molecular formula is C10H10N4O4. The van der Waals surface area contributed by atoms with Gasteiger partial charge in [-0.25, -0.2) is 0 Å². The van der Waals surface area contributed by atoms with E-state index in [1.807, 2.05) is 0 Å². The Bertz CT molecular complexity index is 457. The van der Waals surface area contributed by atoms with E-state index in [2.05, 4.69) is 20.9 Å². The van der Waals surface area contributed by atoms with E-state index in [0.29, 0.717) is 23.8 Å². The molecule has 0 bridgehead atoms. The van der Waals surface area contributed by atoms with Gasteiger partial charge in [-0.15, -0.1) is 0 Å². The molecule has 0 saturated heterocycles. The van der Waals surface area contributed by atoms with Crippen LogP contribution in [-0.2, 0) is 9.59 Å². The molecule has 0 aliphatic carbocycles. The van der Waals surface area contributed by atoms with Gasteiger partial charge in [0.1, 0.15) is 12.4 Å². The van der Waals surface area contributed by atoms with Crippen LogP contribution in [0, 0.1) is 0 Å². The average Bonchev–Trinajstić information content (AvgIpc) is 2.29. The van der Waals surface area contributed by atoms with E-state index in [-0.39, 0.29) is 0 Å². The van der Waals surface area contributed by atoms with Gasteiger partial charge in [-0.3, -0.25) is 9.59 Å². The van der Waals surface area contributed by atoms with Gasteiger partial charge >= 0.3 is 0 Å². The molecule has 0 aliphatic heterocycles. The van der Waals surface area contributed by atoms with Gasteiger partial charge in [0.25, 0.3) is 11.8 Å². The van der Waals surface area contributed by atoms with Crippen LogP contribution < -0.4 is 10.6 Å². The van der Waals surface area contributed by atoms with Crippen molar-refractivity contribution in [1.82, 2.24) is 0 Å². The zero-order valence-electron chi connectivity index (χ0n) is 9.07. The van der Waals surface area contributed by atoms with Crippen molar-refractivity contribution >= 4 is 35.6 Å². The van der Waals surface area contributed by atoms with Crippen molar-refractivity contribution in [3.8, 4) is 0 Å². The molecule has 0 atom stereocenters. The molecule has 94 valence electrons. The topological polar surface area (TPSA) is 123 Å². The fourth-order valence-electron chi connectivity index (χ4n) is 1.13. The number of hydrogen-bond acceptors (Lipinski definition) is 6. The summed E-state index contributed by atoms with van der Waals surface area (Å²) in [5.41, 5.74) is 0.803. The van der Waals surface area contributed by atoms with Crippen molar-refractivity contribution in [3.05, 3.63) is 24.3 Å². The highest BCUT2D eigenvalue weighted by Crippen LogP contribution is 2.14. The molecule has 0 aromatic heterocycles. The minimum atomic E-state index is -0.613. The Morgan fingerprint density at radius 3 is 1.83 bits per heavy atom. The minimum absolute atomic E-state index is 0.402. The van der Waals surface area contributed by atoms with Gasteiger partial charge in [-0.2, -0.15) is 0 Å². The number of benzene rings is 1. The second-order valence-corrected chi connectivity index (χ2v) is 3.05. The number of rotatable bonds is 4. The summed E-state index contributed by atoms with van der Waals surface area (Å²) in [5.74, 6) is -1.23. The standard InChI is InChI=1S/C10H10N4O4/c15-9(5-11-17)13-7-2-1-3-8(4-7)14-10(16)6-12-18/h1-6,17-18H,(H,13,15)(H,14,16). The summed E-state index contributed by atoms with van der Waals surface area (Å²) < 4.78 is 0. The lowest BCUT2D eigenvalue weighted by atomic mass is 10.2. The maximum Gasteiger partial charge on any atom is 0.270 e. The number of amides is 2. The third kappa shape index (κ3) is 4.31. The van der Waals surface area contributed by atoms with Crippen LogP contribution >= 0.6 is 0 Å². The number of carbonyl (C=O) groups excluding carboxylic acids is 2. The maximum atomic E-state index is 11.1. The molecule has 1 rings (SSSR count). The van der Waals surface area contributed by atoms with Crippen LogP contribution in [0.15, 0.2) is 34.6 Å². The van der Waals surface area contributed by atoms with Crippen molar-refractivity contribution in [2.24, 2.45) is 10.3 Å². The summed E-state index contributed by atoms with van der Waals surface area (Å²) in [6.07, 6.45) is 1.40. The molecule has 0 spiro atoms. The number of nitrogens with one attached hydrogen (secondary N) is 2. The highest BCUT2D eigenvalue weighted by atomic mass is 16.4. The van der Waals surface area contributed by atoms with Crippen molar-refractivity contribution < 1.29 is 20.0 Å². The van der Waals surface area contributed by atoms with Crippen LogP contribution in [0.1, 0.15) is 0 Å². The third-order valence-corrected chi connectivity index (χ3v) is 1.75. The molecular weight excluding hydrogens is 240 g/mol. The molecule has 8 nitrogen and oxygen atoms in total. The Kier molecular flexibility index (Phi) is 4.85. The Labute approximate surface area is 102 Å². The first kappa shape index (κ1) is 13.2. The van der Waals surface area contributed by atoms with Gasteiger partial charge < -0.3 is 21.0 Å². The monoisotopic (exact) mass is 250 g/mol. The van der Waals surface area contributed by atoms with Crippen molar-refractivity contribution in [2.45, 2.75) is 0 Å². The van der Waals surface area contributed by atoms with Crippen molar-refractivity contribution in [3.63, 3.8) is 0 Å². The normalized spacial score (nSPS) is 10.7. The molecule has 1 aromatic carbocycles. The fourth-order valence-corrected chi connectivity index (χ4v) is 1.13. The van der Waals surface area contributed by atoms with Crippen LogP contribution in [0.3, 0.4) is 0 Å². The maximum absolute atomic E-state index is 11.1. The van der Waals surface area contributed by atoms with Gasteiger partial charge in [0.2, 0.25) is 0 Å². The predicted octanol–water partition coefficient (Wildman–Crippen LogP) is 0.484. The van der Waals surface area contributed by atoms with E-state index in [1.165, 1.54) is 6.07 Å². The Balaban J connectivity index is 2.73. The van der Waals surface area contributed by atoms with E-state index >= 15 is 0 Å². The first-order valence-corrected chi connectivity index (χ1v) is 4.72. The van der Waals surface area contributed by atoms with E-state index in [9.17, 15) is 9.59 Å². The molecule has 0 aliphatic rings. The van der Waals surface area contributed by atoms with E-state index < -0.39 is 11.8 Å². The summed E-state index contributed by atoms with van der Waals surface area (Å²) >= 11 is 0. The smallest absolute Gasteiger partial charge is 0.270 e. The molecule has 0 fully saturated rings. The van der Waals surface area contributed by atoms with Gasteiger partial charge in [0.15, 0.2) is 0 Å². The van der Waals surface area contributed by atoms with Crippen LogP contribution in [0.25, 0.3) is 0 Å². The molecule has 2 amide bonds. The van der Waals surface area contributed by atoms with Crippen LogP contribution in [-0.4, -0.2) is 34.7 Å². The lowest BCUT2D eigenvalue weighted by Crippen LogP contribution is -2.14. The Morgan fingerprint density at radius 1 is 1.00 bits per heavy atom. The van der Waals surface area contributed by atoms with Crippen LogP contribution in [0.4, 0.5) is 11.4 Å². The molecule has 1 aromatic rings. The Hall–Kier alpha value is -2.90. The second kappa shape index (κ2) is 6.63. The molecule has 8 heteroatoms. The van der Waals surface area contributed by atoms with Gasteiger partial charge in [0, 0.05) is 11.4 Å². The molecule has 0 saturated carbocycles. The average molecular weight is 250 g/mol. The van der Waals surface area contributed by atoms with Crippen molar-refractivity contribution in [2.75, 3.05) is 10.6 Å². The fraction of sp³-hybridized carbons (Fsp3) is 0. The summed E-state index contributed by atoms with van der Waals surface area (Å²) in [6.45, 7) is 0. The number of oxime groups is 2. The highest BCUT2D eigenvalue weighted by molar-refractivity contribution is 6.32. The SMILES string of the molecule is O=C(C=NO)Nc1cccc(NC(=O)C=NO)c1. The number of nitrogens with zero attached hydrogens (tertiary/aromatic N) is 2. The zero-order valence-corrected chi connectivity index (χ0v) is 9.07. The highest BCUT2D eigenvalue weighted by Gasteiger charge is 2.02. The quantitative estimate of drug-likeness (QED) is 0.352. The third-order valence-electron chi connectivity index (χ3n) is 1.75. The van der Waals surface area contributed by atoms with Gasteiger partial charge in [-0.05, 0) is 18.2 Å². The van der Waals surface area contributed by atoms with Crippen molar-refractivity contribution in [1.29, 1.82) is 0 Å². The van der Waals surface area contributed by atoms with Crippen LogP contribution in [0.2, 0.25) is 0 Å². The molecule has 4 N–H and O–H groups in total. The van der Waals surface area contributed by atoms with Gasteiger partial charge in [0.05, 0.1) is 0 Å². The predicted molar refractivity (Wildman–Crippen MR) is 64.3 cm³/mol. The lowest BCUT2D eigenvalue weighted by molar-refractivity contribution is -0.110. The first-order valence-electron chi connectivity index (χ1n) is 4.72. The molecule has 0 unspecified atom stereocenters. The number of hydrogen-bond donors (Lipinski definition) is 4. The summed E-state index contributed by atoms with van der Waals surface area (Å²) in [5, 5.41) is 26.3. The summed E-state index contributed by atoms with van der Waals surface area (Å²) in [7, 11) is 0. The second-order valence-electron chi connectivity index (χ2n) is 3.05. The number of carbonyl (C=O) groups is 2. The van der Waals surface area contributed by atoms with E-state index in [4.69, 9.17) is 10.4 Å². The first-order chi connectivity index (χ1) is 8.65. The molecule has 0 radical (unpaired) electrons. The minimum Gasteiger partial charge on any atom is -0.411 e. The largest absolute Gasteiger partial charge is 0.411 e. The summed E-state index contributed by atoms with van der Waals surface area (Å²) in [4.78, 5) is 22.2. The van der Waals surface area contributed by atoms with Crippen LogP contribution in [0.5, 0.6) is 0 Å². The zero-order chi connectivity index (χ0) is 13.4. The molecule has 18 heavy (non-hydrogen) atoms. The lowest BCUT2D eigenvalue weighted by Gasteiger charge is -2.05. The summed E-state index contributed by atoms with van der Waals surface area (Å²) in [6, 6.07) is 6.24. The molecule has 0 heterocycles. The van der Waals surface area contributed by atoms with E-state index in [1.54, 1.807) is 18.2 Å². The van der Waals surface area contributed by atoms with E-state index in [0.717, 1.165) is 0 Å². The Morgan fingerprint density at radius 2 is 1.44 bits per heavy atom. The van der Waals surface area contributed by atoms with Gasteiger partial charge in [-0.1, -0.05) is 16.4 Å².